The van der Waals surface area contributed by atoms with Crippen molar-refractivity contribution < 1.29 is 36.1 Å². The van der Waals surface area contributed by atoms with Gasteiger partial charge in [-0.3, -0.25) is 19.6 Å². The molecule has 0 bridgehead atoms. The van der Waals surface area contributed by atoms with Gasteiger partial charge in [0.1, 0.15) is 10.7 Å². The van der Waals surface area contributed by atoms with Crippen molar-refractivity contribution in [1.29, 1.82) is 0 Å². The Kier molecular flexibility index (Phi) is 5.62. The highest BCUT2D eigenvalue weighted by atomic mass is 19.2. The van der Waals surface area contributed by atoms with Crippen LogP contribution in [-0.2, 0) is 11.3 Å². The van der Waals surface area contributed by atoms with E-state index in [2.05, 4.69) is 10.4 Å². The number of furan rings is 1. The Balaban J connectivity index is 1.69. The molecule has 0 aliphatic rings. The summed E-state index contributed by atoms with van der Waals surface area (Å²) in [4.78, 5) is 21.6. The Morgan fingerprint density at radius 3 is 2.33 bits per heavy atom. The maximum absolute atomic E-state index is 13.7. The van der Waals surface area contributed by atoms with E-state index in [0.29, 0.717) is 0 Å². The first kappa shape index (κ1) is 20.7. The van der Waals surface area contributed by atoms with Crippen molar-refractivity contribution in [2.75, 3.05) is 5.32 Å². The van der Waals surface area contributed by atoms with Crippen LogP contribution in [0.4, 0.5) is 33.7 Å². The average molecular weight is 428 g/mol. The van der Waals surface area contributed by atoms with Crippen LogP contribution < -0.4 is 5.32 Å². The van der Waals surface area contributed by atoms with Gasteiger partial charge < -0.3 is 9.73 Å². The van der Waals surface area contributed by atoms with Crippen LogP contribution >= 0.6 is 0 Å². The molecular weight excluding hydrogens is 419 g/mol. The molecular formula is C17H9F5N4O4. The first-order valence-corrected chi connectivity index (χ1v) is 7.94. The largest absolute Gasteiger partial charge is 0.433 e. The van der Waals surface area contributed by atoms with Crippen LogP contribution in [0.1, 0.15) is 11.3 Å². The predicted molar refractivity (Wildman–Crippen MR) is 90.6 cm³/mol. The minimum absolute atomic E-state index is 0.0358. The summed E-state index contributed by atoms with van der Waals surface area (Å²) in [6, 6.07) is 3.58. The lowest BCUT2D eigenvalue weighted by Crippen LogP contribution is -2.12. The number of carbonyl (C=O) groups is 1. The van der Waals surface area contributed by atoms with E-state index in [1.165, 1.54) is 12.1 Å². The molecule has 0 unspecified atom stereocenters. The van der Waals surface area contributed by atoms with E-state index in [-0.39, 0.29) is 11.6 Å². The molecule has 1 N–H and O–H groups in total. The van der Waals surface area contributed by atoms with Crippen molar-refractivity contribution in [3.8, 4) is 0 Å². The maximum Gasteiger partial charge on any atom is 0.433 e. The van der Waals surface area contributed by atoms with E-state index in [9.17, 15) is 36.9 Å². The van der Waals surface area contributed by atoms with Crippen molar-refractivity contribution in [3.63, 3.8) is 0 Å². The Morgan fingerprint density at radius 2 is 1.73 bits per heavy atom. The van der Waals surface area contributed by atoms with Crippen LogP contribution in [0.3, 0.4) is 0 Å². The summed E-state index contributed by atoms with van der Waals surface area (Å²) in [5.41, 5.74) is -1.09. The van der Waals surface area contributed by atoms with Gasteiger partial charge >= 0.3 is 5.88 Å². The van der Waals surface area contributed by atoms with Gasteiger partial charge in [-0.05, 0) is 12.1 Å². The quantitative estimate of drug-likeness (QED) is 0.161. The lowest BCUT2D eigenvalue weighted by Gasteiger charge is -2.08. The number of rotatable bonds is 6. The molecule has 156 valence electrons. The first-order chi connectivity index (χ1) is 14.2. The van der Waals surface area contributed by atoms with Gasteiger partial charge in [0.05, 0.1) is 18.2 Å². The van der Waals surface area contributed by atoms with E-state index in [0.717, 1.165) is 29.1 Å². The van der Waals surface area contributed by atoms with Gasteiger partial charge in [-0.25, -0.2) is 22.0 Å². The summed E-state index contributed by atoms with van der Waals surface area (Å²) < 4.78 is 72.7. The zero-order chi connectivity index (χ0) is 22.0. The number of nitrogens with one attached hydrogen (secondary N) is 1. The van der Waals surface area contributed by atoms with E-state index >= 15 is 0 Å². The minimum atomic E-state index is -2.27. The number of anilines is 1. The molecule has 0 atom stereocenters. The van der Waals surface area contributed by atoms with Crippen LogP contribution in [0.5, 0.6) is 0 Å². The zero-order valence-electron chi connectivity index (χ0n) is 14.5. The third-order valence-electron chi connectivity index (χ3n) is 3.70. The maximum atomic E-state index is 13.7. The van der Waals surface area contributed by atoms with Crippen molar-refractivity contribution in [1.82, 2.24) is 9.78 Å². The van der Waals surface area contributed by atoms with Crippen molar-refractivity contribution in [2.24, 2.45) is 0 Å². The van der Waals surface area contributed by atoms with Crippen LogP contribution in [0.2, 0.25) is 0 Å². The van der Waals surface area contributed by atoms with E-state index in [1.807, 2.05) is 0 Å². The molecule has 0 fully saturated rings. The van der Waals surface area contributed by atoms with Gasteiger partial charge in [0.2, 0.25) is 11.7 Å². The topological polar surface area (TPSA) is 103 Å². The molecule has 2 heterocycles. The second-order valence-electron chi connectivity index (χ2n) is 5.70. The Bertz CT molecular complexity index is 1140. The number of hydrogen-bond donors (Lipinski definition) is 1. The number of benzene rings is 1. The molecule has 0 aliphatic carbocycles. The van der Waals surface area contributed by atoms with Gasteiger partial charge in [0, 0.05) is 18.3 Å². The van der Waals surface area contributed by atoms with Crippen LogP contribution in [-0.4, -0.2) is 20.6 Å². The molecule has 8 nitrogen and oxygen atoms in total. The highest BCUT2D eigenvalue weighted by molar-refractivity contribution is 6.01. The summed E-state index contributed by atoms with van der Waals surface area (Å²) in [5.74, 6) is -11.7. The second-order valence-corrected chi connectivity index (χ2v) is 5.70. The number of nitro groups is 1. The molecule has 13 heteroatoms. The monoisotopic (exact) mass is 428 g/mol. The smallest absolute Gasteiger partial charge is 0.401 e. The zero-order valence-corrected chi connectivity index (χ0v) is 14.5. The first-order valence-electron chi connectivity index (χ1n) is 7.94. The highest BCUT2D eigenvalue weighted by Crippen LogP contribution is 2.24. The normalized spacial score (nSPS) is 11.2. The number of hydrogen-bond acceptors (Lipinski definition) is 5. The fourth-order valence-electron chi connectivity index (χ4n) is 2.32. The van der Waals surface area contributed by atoms with Gasteiger partial charge in [0.25, 0.3) is 0 Å². The molecule has 0 radical (unpaired) electrons. The predicted octanol–water partition coefficient (Wildman–Crippen LogP) is 3.78. The van der Waals surface area contributed by atoms with Gasteiger partial charge in [-0.1, -0.05) is 0 Å². The summed E-state index contributed by atoms with van der Waals surface area (Å²) in [7, 11) is 0. The number of amides is 1. The van der Waals surface area contributed by atoms with Crippen molar-refractivity contribution in [3.05, 3.63) is 81.0 Å². The molecule has 1 aromatic carbocycles. The summed E-state index contributed by atoms with van der Waals surface area (Å²) >= 11 is 0. The molecule has 2 aromatic heterocycles. The Morgan fingerprint density at radius 1 is 1.10 bits per heavy atom. The Hall–Kier alpha value is -4.03. The fraction of sp³-hybridized carbons (Fsp3) is 0.0588. The molecule has 0 aliphatic heterocycles. The highest BCUT2D eigenvalue weighted by Gasteiger charge is 2.25. The molecule has 3 aromatic rings. The number of carbonyl (C=O) groups excluding carboxylic acids is 1. The second kappa shape index (κ2) is 8.14. The summed E-state index contributed by atoms with van der Waals surface area (Å²) in [5, 5.41) is 16.6. The summed E-state index contributed by atoms with van der Waals surface area (Å²) in [6.45, 7) is -0.784. The number of aromatic nitrogens is 2. The molecule has 0 saturated carbocycles. The van der Waals surface area contributed by atoms with Crippen LogP contribution in [0.15, 0.2) is 34.9 Å². The minimum Gasteiger partial charge on any atom is -0.401 e. The van der Waals surface area contributed by atoms with Gasteiger partial charge in [-0.2, -0.15) is 5.10 Å². The molecule has 1 amide bonds. The van der Waals surface area contributed by atoms with Crippen molar-refractivity contribution >= 4 is 23.7 Å². The standard InChI is InChI=1S/C17H9F5N4O4/c18-13-9(14(19)16(21)17(22)15(13)20)7-25-6-5-10(24-25)23-11(27)3-1-8-2-4-12(30-8)26(28)29/h1-6H,7H2,(H,23,24,27)/b3-1+. The SMILES string of the molecule is O=C(/C=C/c1ccc([N+](=O)[O-])o1)Nc1ccn(Cc2c(F)c(F)c(F)c(F)c2F)n1. The number of halogens is 5. The lowest BCUT2D eigenvalue weighted by molar-refractivity contribution is -0.402. The molecule has 30 heavy (non-hydrogen) atoms. The Labute approximate surface area is 163 Å². The van der Waals surface area contributed by atoms with E-state index < -0.39 is 57.9 Å². The lowest BCUT2D eigenvalue weighted by atomic mass is 10.1. The van der Waals surface area contributed by atoms with Gasteiger partial charge in [-0.15, -0.1) is 0 Å². The van der Waals surface area contributed by atoms with E-state index in [4.69, 9.17) is 4.42 Å². The third-order valence-corrected chi connectivity index (χ3v) is 3.70. The van der Waals surface area contributed by atoms with Crippen molar-refractivity contribution in [2.45, 2.75) is 6.54 Å². The fourth-order valence-corrected chi connectivity index (χ4v) is 2.32. The molecule has 0 spiro atoms. The average Bonchev–Trinajstić information content (AvgIpc) is 3.36. The van der Waals surface area contributed by atoms with Crippen LogP contribution in [0, 0.1) is 39.2 Å². The molecule has 3 rings (SSSR count). The van der Waals surface area contributed by atoms with Crippen LogP contribution in [0.25, 0.3) is 6.08 Å². The van der Waals surface area contributed by atoms with E-state index in [1.54, 1.807) is 0 Å². The number of nitrogens with zero attached hydrogens (tertiary/aromatic N) is 3. The third kappa shape index (κ3) is 4.19. The molecule has 0 saturated heterocycles. The summed E-state index contributed by atoms with van der Waals surface area (Å²) in [6.07, 6.45) is 3.27. The van der Waals surface area contributed by atoms with Gasteiger partial charge in [0.15, 0.2) is 29.1 Å².